The predicted molar refractivity (Wildman–Crippen MR) is 110 cm³/mol. The molecule has 0 unspecified atom stereocenters. The molecule has 0 amide bonds. The van der Waals surface area contributed by atoms with E-state index in [0.29, 0.717) is 6.61 Å². The molecule has 1 aromatic carbocycles. The van der Waals surface area contributed by atoms with Crippen molar-refractivity contribution >= 4 is 22.3 Å². The summed E-state index contributed by atoms with van der Waals surface area (Å²) in [7, 11) is 1.86. The Morgan fingerprint density at radius 3 is 2.54 bits per heavy atom. The Morgan fingerprint density at radius 2 is 1.88 bits per heavy atom. The zero-order chi connectivity index (χ0) is 18.2. The Morgan fingerprint density at radius 1 is 1.12 bits per heavy atom. The minimum atomic E-state index is 0.659. The molecule has 6 heteroatoms. The highest BCUT2D eigenvalue weighted by Crippen LogP contribution is 2.22. The summed E-state index contributed by atoms with van der Waals surface area (Å²) < 4.78 is 5.58. The van der Waals surface area contributed by atoms with Crippen LogP contribution >= 0.6 is 11.3 Å². The minimum absolute atomic E-state index is 0.659. The van der Waals surface area contributed by atoms with E-state index >= 15 is 0 Å². The number of nitrogens with zero attached hydrogens (tertiary/aromatic N) is 3. The molecule has 0 saturated carbocycles. The van der Waals surface area contributed by atoms with Crippen molar-refractivity contribution in [1.82, 2.24) is 10.2 Å². The summed E-state index contributed by atoms with van der Waals surface area (Å²) in [6, 6.07) is 12.7. The lowest BCUT2D eigenvalue weighted by atomic mass is 10.1. The van der Waals surface area contributed by atoms with Crippen molar-refractivity contribution in [2.24, 2.45) is 4.99 Å². The number of hydrogen-bond donors (Lipinski definition) is 1. The van der Waals surface area contributed by atoms with Crippen LogP contribution in [0.5, 0.6) is 0 Å². The van der Waals surface area contributed by atoms with Gasteiger partial charge in [-0.25, -0.2) is 0 Å². The van der Waals surface area contributed by atoms with Crippen LogP contribution in [-0.4, -0.2) is 50.7 Å². The van der Waals surface area contributed by atoms with Crippen molar-refractivity contribution in [2.45, 2.75) is 20.1 Å². The van der Waals surface area contributed by atoms with Gasteiger partial charge in [0.2, 0.25) is 0 Å². The highest BCUT2D eigenvalue weighted by atomic mass is 32.1. The summed E-state index contributed by atoms with van der Waals surface area (Å²) in [5.41, 5.74) is 2.50. The molecular weight excluding hydrogens is 344 g/mol. The van der Waals surface area contributed by atoms with Crippen LogP contribution in [-0.2, 0) is 17.9 Å². The lowest BCUT2D eigenvalue weighted by Gasteiger charge is -2.37. The number of nitrogens with one attached hydrogen (secondary N) is 1. The Hall–Kier alpha value is -2.05. The van der Waals surface area contributed by atoms with E-state index in [4.69, 9.17) is 4.74 Å². The summed E-state index contributed by atoms with van der Waals surface area (Å²) in [4.78, 5) is 9.28. The van der Waals surface area contributed by atoms with Gasteiger partial charge in [-0.1, -0.05) is 24.3 Å². The number of piperazine rings is 1. The molecule has 1 aromatic heterocycles. The van der Waals surface area contributed by atoms with Crippen molar-refractivity contribution < 1.29 is 4.74 Å². The zero-order valence-electron chi connectivity index (χ0n) is 15.6. The number of benzene rings is 1. The van der Waals surface area contributed by atoms with E-state index in [1.165, 1.54) is 16.1 Å². The molecule has 2 aromatic rings. The number of aliphatic imine (C=N–C) groups is 1. The summed E-state index contributed by atoms with van der Waals surface area (Å²) in [5.74, 6) is 0.974. The summed E-state index contributed by atoms with van der Waals surface area (Å²) in [5, 5.41) is 7.03. The Bertz CT molecular complexity index is 694. The predicted octanol–water partition coefficient (Wildman–Crippen LogP) is 3.18. The molecule has 1 saturated heterocycles. The first-order chi connectivity index (χ1) is 12.8. The lowest BCUT2D eigenvalue weighted by molar-refractivity contribution is 0.133. The molecule has 1 aliphatic rings. The molecule has 0 spiro atoms. The molecule has 26 heavy (non-hydrogen) atoms. The Labute approximate surface area is 160 Å². The average Bonchev–Trinajstić information content (AvgIpc) is 3.23. The van der Waals surface area contributed by atoms with Crippen LogP contribution in [0.3, 0.4) is 0 Å². The standard InChI is InChI=1S/C20H28N4OS/c1-3-25-16-18-8-5-4-7-17(18)15-22-20(21-2)24-12-10-23(11-13-24)19-9-6-14-26-19/h4-9,14H,3,10-13,15-16H2,1-2H3,(H,21,22). The van der Waals surface area contributed by atoms with Gasteiger partial charge in [0.25, 0.3) is 0 Å². The topological polar surface area (TPSA) is 40.1 Å². The van der Waals surface area contributed by atoms with Crippen molar-refractivity contribution in [3.05, 3.63) is 52.9 Å². The molecule has 3 rings (SSSR count). The zero-order valence-corrected chi connectivity index (χ0v) is 16.5. The first kappa shape index (κ1) is 18.7. The van der Waals surface area contributed by atoms with Crippen LogP contribution < -0.4 is 10.2 Å². The third-order valence-corrected chi connectivity index (χ3v) is 5.55. The van der Waals surface area contributed by atoms with Crippen LogP contribution in [0.15, 0.2) is 46.8 Å². The van der Waals surface area contributed by atoms with Gasteiger partial charge in [0.05, 0.1) is 11.6 Å². The first-order valence-corrected chi connectivity index (χ1v) is 10.1. The van der Waals surface area contributed by atoms with Gasteiger partial charge < -0.3 is 19.9 Å². The fourth-order valence-electron chi connectivity index (χ4n) is 3.18. The SMILES string of the molecule is CCOCc1ccccc1CNC(=NC)N1CCN(c2cccs2)CC1. The van der Waals surface area contributed by atoms with Gasteiger partial charge in [-0.15, -0.1) is 11.3 Å². The van der Waals surface area contributed by atoms with Gasteiger partial charge in [-0.05, 0) is 35.6 Å². The molecule has 1 N–H and O–H groups in total. The number of anilines is 1. The molecule has 0 bridgehead atoms. The number of rotatable bonds is 6. The van der Waals surface area contributed by atoms with Gasteiger partial charge in [-0.2, -0.15) is 0 Å². The van der Waals surface area contributed by atoms with E-state index in [1.54, 1.807) is 0 Å². The number of ether oxygens (including phenoxy) is 1. The molecule has 2 heterocycles. The lowest BCUT2D eigenvalue weighted by Crippen LogP contribution is -2.52. The Kier molecular flexibility index (Phi) is 6.91. The maximum absolute atomic E-state index is 5.58. The van der Waals surface area contributed by atoms with E-state index in [0.717, 1.165) is 45.3 Å². The van der Waals surface area contributed by atoms with Gasteiger partial charge in [0.15, 0.2) is 5.96 Å². The van der Waals surface area contributed by atoms with Crippen molar-refractivity contribution in [2.75, 3.05) is 44.7 Å². The summed E-state index contributed by atoms with van der Waals surface area (Å²) >= 11 is 1.81. The van der Waals surface area contributed by atoms with E-state index in [2.05, 4.69) is 61.9 Å². The summed E-state index contributed by atoms with van der Waals surface area (Å²) in [6.07, 6.45) is 0. The smallest absolute Gasteiger partial charge is 0.194 e. The van der Waals surface area contributed by atoms with Crippen LogP contribution in [0.4, 0.5) is 5.00 Å². The second-order valence-electron chi connectivity index (χ2n) is 6.23. The molecule has 5 nitrogen and oxygen atoms in total. The number of hydrogen-bond acceptors (Lipinski definition) is 4. The van der Waals surface area contributed by atoms with Gasteiger partial charge in [-0.3, -0.25) is 4.99 Å². The van der Waals surface area contributed by atoms with Gasteiger partial charge in [0.1, 0.15) is 0 Å². The third-order valence-electron chi connectivity index (χ3n) is 4.63. The maximum atomic E-state index is 5.58. The first-order valence-electron chi connectivity index (χ1n) is 9.20. The highest BCUT2D eigenvalue weighted by Gasteiger charge is 2.20. The highest BCUT2D eigenvalue weighted by molar-refractivity contribution is 7.14. The second-order valence-corrected chi connectivity index (χ2v) is 7.16. The quantitative estimate of drug-likeness (QED) is 0.624. The molecule has 0 atom stereocenters. The van der Waals surface area contributed by atoms with Gasteiger partial charge in [0, 0.05) is 46.4 Å². The van der Waals surface area contributed by atoms with Crippen LogP contribution in [0.1, 0.15) is 18.1 Å². The molecule has 1 fully saturated rings. The number of thiophene rings is 1. The van der Waals surface area contributed by atoms with Crippen molar-refractivity contribution in [3.63, 3.8) is 0 Å². The average molecular weight is 373 g/mol. The largest absolute Gasteiger partial charge is 0.377 e. The molecule has 0 aliphatic carbocycles. The van der Waals surface area contributed by atoms with Crippen LogP contribution in [0.2, 0.25) is 0 Å². The maximum Gasteiger partial charge on any atom is 0.194 e. The fourth-order valence-corrected chi connectivity index (χ4v) is 3.96. The van der Waals surface area contributed by atoms with E-state index in [9.17, 15) is 0 Å². The van der Waals surface area contributed by atoms with E-state index in [1.807, 2.05) is 25.3 Å². The van der Waals surface area contributed by atoms with Crippen LogP contribution in [0, 0.1) is 0 Å². The van der Waals surface area contributed by atoms with Crippen LogP contribution in [0.25, 0.3) is 0 Å². The van der Waals surface area contributed by atoms with Gasteiger partial charge >= 0.3 is 0 Å². The van der Waals surface area contributed by atoms with Crippen molar-refractivity contribution in [1.29, 1.82) is 0 Å². The van der Waals surface area contributed by atoms with E-state index in [-0.39, 0.29) is 0 Å². The molecular formula is C20H28N4OS. The monoisotopic (exact) mass is 372 g/mol. The van der Waals surface area contributed by atoms with E-state index < -0.39 is 0 Å². The minimum Gasteiger partial charge on any atom is -0.377 e. The third kappa shape index (κ3) is 4.77. The second kappa shape index (κ2) is 9.59. The summed E-state index contributed by atoms with van der Waals surface area (Å²) in [6.45, 7) is 8.21. The molecule has 0 radical (unpaired) electrons. The normalized spacial score (nSPS) is 15.4. The number of guanidine groups is 1. The fraction of sp³-hybridized carbons (Fsp3) is 0.450. The Balaban J connectivity index is 1.54. The molecule has 1 aliphatic heterocycles. The van der Waals surface area contributed by atoms with Crippen molar-refractivity contribution in [3.8, 4) is 0 Å². The molecule has 140 valence electrons.